The van der Waals surface area contributed by atoms with Gasteiger partial charge in [0.1, 0.15) is 0 Å². The number of aromatic amines is 1. The summed E-state index contributed by atoms with van der Waals surface area (Å²) in [5.41, 5.74) is 13.6. The topological polar surface area (TPSA) is 52.9 Å². The molecule has 210 valence electrons. The van der Waals surface area contributed by atoms with E-state index in [4.69, 9.17) is 15.0 Å². The van der Waals surface area contributed by atoms with Gasteiger partial charge >= 0.3 is 0 Å². The van der Waals surface area contributed by atoms with Crippen LogP contribution in [0.4, 0.5) is 0 Å². The first-order chi connectivity index (χ1) is 21.6. The van der Waals surface area contributed by atoms with Gasteiger partial charge in [0, 0.05) is 33.5 Å². The Morgan fingerprint density at radius 3 is 1.34 bits per heavy atom. The van der Waals surface area contributed by atoms with Gasteiger partial charge in [-0.2, -0.15) is 0 Å². The fourth-order valence-electron chi connectivity index (χ4n) is 6.28. The van der Waals surface area contributed by atoms with Crippen LogP contribution in [0.15, 0.2) is 172 Å². The summed E-state index contributed by atoms with van der Waals surface area (Å²) in [6, 6.07) is 35.7. The van der Waals surface area contributed by atoms with E-state index in [1.54, 1.807) is 0 Å². The van der Waals surface area contributed by atoms with Crippen LogP contribution in [0, 0.1) is 5.41 Å². The summed E-state index contributed by atoms with van der Waals surface area (Å²) in [6.07, 6.45) is 12.8. The van der Waals surface area contributed by atoms with E-state index >= 15 is 0 Å². The van der Waals surface area contributed by atoms with E-state index in [1.807, 2.05) is 18.2 Å². The highest BCUT2D eigenvalue weighted by Gasteiger charge is 2.34. The lowest BCUT2D eigenvalue weighted by molar-refractivity contribution is 0.736. The molecule has 8 rings (SSSR count). The van der Waals surface area contributed by atoms with Crippen molar-refractivity contribution in [3.05, 3.63) is 185 Å². The molecule has 4 nitrogen and oxygen atoms in total. The van der Waals surface area contributed by atoms with Crippen molar-refractivity contribution in [3.8, 4) is 0 Å². The normalized spacial score (nSPS) is 23.2. The van der Waals surface area contributed by atoms with E-state index in [2.05, 4.69) is 140 Å². The van der Waals surface area contributed by atoms with Crippen LogP contribution in [-0.2, 0) is 0 Å². The summed E-state index contributed by atoms with van der Waals surface area (Å²) in [7, 11) is 0. The lowest BCUT2D eigenvalue weighted by Crippen LogP contribution is -2.30. The third kappa shape index (κ3) is 4.35. The quantitative estimate of drug-likeness (QED) is 0.257. The molecule has 8 bridgehead atoms. The molecule has 4 aliphatic rings. The number of nitrogens with one attached hydrogen (secondary N) is 1. The average Bonchev–Trinajstić information content (AvgIpc) is 3.88. The van der Waals surface area contributed by atoms with Crippen LogP contribution in [-0.4, -0.2) is 22.1 Å². The first kappa shape index (κ1) is 26.1. The Balaban J connectivity index is 1.44. The van der Waals surface area contributed by atoms with E-state index < -0.39 is 5.41 Å². The molecule has 4 heteroatoms. The Hall–Kier alpha value is -5.61. The summed E-state index contributed by atoms with van der Waals surface area (Å²) in [4.78, 5) is 19.6. The van der Waals surface area contributed by atoms with Crippen molar-refractivity contribution in [1.29, 1.82) is 0 Å². The van der Waals surface area contributed by atoms with Gasteiger partial charge in [-0.1, -0.05) is 91.0 Å². The van der Waals surface area contributed by atoms with Crippen molar-refractivity contribution >= 4 is 33.9 Å². The lowest BCUT2D eigenvalue weighted by atomic mass is 9.82. The van der Waals surface area contributed by atoms with E-state index in [0.29, 0.717) is 0 Å². The molecule has 1 aromatic heterocycles. The highest BCUT2D eigenvalue weighted by Crippen LogP contribution is 2.39. The largest absolute Gasteiger partial charge is 0.354 e. The summed E-state index contributed by atoms with van der Waals surface area (Å²) in [5.74, 6) is 0. The Bertz CT molecular complexity index is 2090. The van der Waals surface area contributed by atoms with Gasteiger partial charge in [0.2, 0.25) is 0 Å². The number of aliphatic imine (C=N–C) groups is 3. The van der Waals surface area contributed by atoms with Crippen molar-refractivity contribution in [2.45, 2.75) is 13.8 Å². The molecule has 0 amide bonds. The molecule has 44 heavy (non-hydrogen) atoms. The van der Waals surface area contributed by atoms with Gasteiger partial charge in [-0.15, -0.1) is 0 Å². The highest BCUT2D eigenvalue weighted by atomic mass is 14.9. The molecule has 1 N–H and O–H groups in total. The zero-order valence-corrected chi connectivity index (χ0v) is 24.6. The number of benzene rings is 3. The standard InChI is InChI=1S/C40H30N4/c1-40(2)35-24-22-33(43-35)38(27-14-8-4-9-15-27)31-20-18-29(41-31)37(26-12-6-3-7-13-26)30-19-21-32(42-30)39(28-16-10-5-11-17-28)34-23-25-36(40)44-34/h3-25,41H,1-2H3/b37-30-,38-33-,39-34-. The SMILES string of the molecule is CC1(C)C2=N/C(=C(/c3ccccc3)C3=N/C(=C(/c4ccccc4)c4ccc([nH]4)/C(c4ccccc4)=C4/C=CC1=N4)C=C3)C=C2. The minimum absolute atomic E-state index is 0.406. The van der Waals surface area contributed by atoms with Gasteiger partial charge in [-0.05, 0) is 79.1 Å². The van der Waals surface area contributed by atoms with Crippen molar-refractivity contribution in [1.82, 2.24) is 4.98 Å². The number of aromatic nitrogens is 1. The smallest absolute Gasteiger partial charge is 0.0738 e. The third-order valence-electron chi connectivity index (χ3n) is 8.64. The van der Waals surface area contributed by atoms with Crippen molar-refractivity contribution < 1.29 is 0 Å². The lowest BCUT2D eigenvalue weighted by Gasteiger charge is -2.23. The van der Waals surface area contributed by atoms with Crippen molar-refractivity contribution in [3.63, 3.8) is 0 Å². The molecule has 0 radical (unpaired) electrons. The molecule has 3 aromatic carbocycles. The highest BCUT2D eigenvalue weighted by molar-refractivity contribution is 6.33. The first-order valence-corrected chi connectivity index (χ1v) is 15.0. The summed E-state index contributed by atoms with van der Waals surface area (Å²) < 4.78 is 0. The van der Waals surface area contributed by atoms with Gasteiger partial charge in [-0.3, -0.25) is 9.98 Å². The Kier molecular flexibility index (Phi) is 6.09. The molecule has 5 heterocycles. The van der Waals surface area contributed by atoms with Crippen LogP contribution in [0.2, 0.25) is 0 Å². The maximum absolute atomic E-state index is 5.29. The zero-order valence-electron chi connectivity index (χ0n) is 24.6. The number of nitrogens with zero attached hydrogens (tertiary/aromatic N) is 3. The van der Waals surface area contributed by atoms with E-state index in [0.717, 1.165) is 79.0 Å². The maximum atomic E-state index is 5.29. The van der Waals surface area contributed by atoms with Crippen LogP contribution in [0.25, 0.3) is 16.7 Å². The second-order valence-electron chi connectivity index (χ2n) is 11.8. The monoisotopic (exact) mass is 566 g/mol. The van der Waals surface area contributed by atoms with E-state index in [1.165, 1.54) is 0 Å². The Morgan fingerprint density at radius 2 is 0.841 bits per heavy atom. The molecular formula is C40H30N4. The number of hydrogen-bond donors (Lipinski definition) is 1. The minimum atomic E-state index is -0.406. The number of fused-ring (bicyclic) bond motifs is 5. The number of rotatable bonds is 3. The predicted octanol–water partition coefficient (Wildman–Crippen LogP) is 9.02. The van der Waals surface area contributed by atoms with Crippen molar-refractivity contribution in [2.75, 3.05) is 0 Å². The number of H-pyrrole nitrogens is 1. The molecule has 0 spiro atoms. The molecule has 0 saturated heterocycles. The van der Waals surface area contributed by atoms with E-state index in [-0.39, 0.29) is 0 Å². The molecule has 0 unspecified atom stereocenters. The maximum Gasteiger partial charge on any atom is 0.0738 e. The molecule has 0 atom stereocenters. The zero-order chi connectivity index (χ0) is 29.7. The molecule has 4 aromatic rings. The Morgan fingerprint density at radius 1 is 0.432 bits per heavy atom. The van der Waals surface area contributed by atoms with Crippen LogP contribution in [0.5, 0.6) is 0 Å². The molecule has 4 aliphatic heterocycles. The summed E-state index contributed by atoms with van der Waals surface area (Å²) in [6.45, 7) is 4.40. The van der Waals surface area contributed by atoms with Crippen LogP contribution >= 0.6 is 0 Å². The van der Waals surface area contributed by atoms with Gasteiger partial charge < -0.3 is 4.98 Å². The predicted molar refractivity (Wildman–Crippen MR) is 183 cm³/mol. The molecule has 0 fully saturated rings. The van der Waals surface area contributed by atoms with Crippen LogP contribution < -0.4 is 0 Å². The fraction of sp³-hybridized carbons (Fsp3) is 0.0750. The molecular weight excluding hydrogens is 536 g/mol. The number of allylic oxidation sites excluding steroid dienone is 7. The van der Waals surface area contributed by atoms with Gasteiger partial charge in [-0.25, -0.2) is 4.99 Å². The summed E-state index contributed by atoms with van der Waals surface area (Å²) >= 11 is 0. The second-order valence-corrected chi connectivity index (χ2v) is 11.8. The summed E-state index contributed by atoms with van der Waals surface area (Å²) in [5, 5.41) is 0. The van der Waals surface area contributed by atoms with E-state index in [9.17, 15) is 0 Å². The van der Waals surface area contributed by atoms with Crippen LogP contribution in [0.3, 0.4) is 0 Å². The van der Waals surface area contributed by atoms with Gasteiger partial charge in [0.25, 0.3) is 0 Å². The minimum Gasteiger partial charge on any atom is -0.354 e. The molecule has 0 aliphatic carbocycles. The van der Waals surface area contributed by atoms with Crippen LogP contribution in [0.1, 0.15) is 41.9 Å². The third-order valence-corrected chi connectivity index (χ3v) is 8.64. The second kappa shape index (κ2) is 10.3. The molecule has 0 saturated carbocycles. The average molecular weight is 567 g/mol. The Labute approximate surface area is 257 Å². The van der Waals surface area contributed by atoms with Crippen molar-refractivity contribution in [2.24, 2.45) is 20.4 Å². The van der Waals surface area contributed by atoms with Gasteiger partial charge in [0.15, 0.2) is 0 Å². The number of hydrogen-bond acceptors (Lipinski definition) is 3. The van der Waals surface area contributed by atoms with Gasteiger partial charge in [0.05, 0.1) is 34.2 Å². The first-order valence-electron chi connectivity index (χ1n) is 15.0. The fourth-order valence-corrected chi connectivity index (χ4v) is 6.28.